The average molecular weight is 396 g/mol. The van der Waals surface area contributed by atoms with Crippen LogP contribution in [0.5, 0.6) is 0 Å². The molecule has 0 aliphatic carbocycles. The van der Waals surface area contributed by atoms with Crippen molar-refractivity contribution in [3.63, 3.8) is 0 Å². The third kappa shape index (κ3) is 3.76. The summed E-state index contributed by atoms with van der Waals surface area (Å²) in [6.07, 6.45) is 0. The summed E-state index contributed by atoms with van der Waals surface area (Å²) in [4.78, 5) is 12.4. The number of nitrogens with one attached hydrogen (secondary N) is 1. The van der Waals surface area contributed by atoms with Crippen molar-refractivity contribution >= 4 is 52.1 Å². The maximum absolute atomic E-state index is 12.4. The van der Waals surface area contributed by atoms with Gasteiger partial charge >= 0.3 is 0 Å². The van der Waals surface area contributed by atoms with Crippen molar-refractivity contribution in [2.24, 2.45) is 0 Å². The molecule has 1 heterocycles. The number of benzene rings is 2. The number of nitrogen functional groups attached to an aromatic ring is 1. The van der Waals surface area contributed by atoms with Crippen LogP contribution in [0.2, 0.25) is 15.1 Å². The van der Waals surface area contributed by atoms with Crippen LogP contribution in [0, 0.1) is 6.92 Å². The standard InChI is InChI=1S/C18H13Cl3N2O2/c1-9-6-11(22)8-14(21)17(9)23-18(24)16-5-4-15(25-16)10-2-3-12(19)13(20)7-10/h2-8H,22H2,1H3,(H,23,24). The van der Waals surface area contributed by atoms with Gasteiger partial charge in [0.25, 0.3) is 5.91 Å². The van der Waals surface area contributed by atoms with Crippen LogP contribution >= 0.6 is 34.8 Å². The van der Waals surface area contributed by atoms with Crippen molar-refractivity contribution in [3.05, 3.63) is 68.9 Å². The van der Waals surface area contributed by atoms with Gasteiger partial charge in [0.2, 0.25) is 0 Å². The van der Waals surface area contributed by atoms with E-state index in [2.05, 4.69) is 5.32 Å². The predicted molar refractivity (Wildman–Crippen MR) is 103 cm³/mol. The minimum absolute atomic E-state index is 0.147. The Morgan fingerprint density at radius 1 is 1.00 bits per heavy atom. The van der Waals surface area contributed by atoms with Crippen molar-refractivity contribution in [1.29, 1.82) is 0 Å². The Hall–Kier alpha value is -2.14. The first kappa shape index (κ1) is 17.7. The second-order valence-electron chi connectivity index (χ2n) is 5.44. The molecule has 3 N–H and O–H groups in total. The molecule has 3 rings (SSSR count). The SMILES string of the molecule is Cc1cc(N)cc(Cl)c1NC(=O)c1ccc(-c2ccc(Cl)c(Cl)c2)o1. The number of halogens is 3. The second kappa shape index (κ2) is 7.00. The summed E-state index contributed by atoms with van der Waals surface area (Å²) in [5.41, 5.74) is 8.22. The fraction of sp³-hybridized carbons (Fsp3) is 0.0556. The van der Waals surface area contributed by atoms with E-state index in [1.165, 1.54) is 0 Å². The number of hydrogen-bond donors (Lipinski definition) is 2. The van der Waals surface area contributed by atoms with E-state index >= 15 is 0 Å². The summed E-state index contributed by atoms with van der Waals surface area (Å²) in [5.74, 6) is 0.235. The van der Waals surface area contributed by atoms with Crippen LogP contribution in [0.1, 0.15) is 16.1 Å². The first-order valence-electron chi connectivity index (χ1n) is 7.27. The number of hydrogen-bond acceptors (Lipinski definition) is 3. The Morgan fingerprint density at radius 3 is 2.44 bits per heavy atom. The third-order valence-corrected chi connectivity index (χ3v) is 4.62. The van der Waals surface area contributed by atoms with Crippen molar-refractivity contribution in [2.75, 3.05) is 11.1 Å². The molecule has 4 nitrogen and oxygen atoms in total. The zero-order valence-electron chi connectivity index (χ0n) is 13.1. The Labute approximate surface area is 159 Å². The molecule has 0 saturated carbocycles. The van der Waals surface area contributed by atoms with E-state index in [4.69, 9.17) is 45.0 Å². The van der Waals surface area contributed by atoms with E-state index < -0.39 is 5.91 Å². The van der Waals surface area contributed by atoms with Gasteiger partial charge in [-0.3, -0.25) is 4.79 Å². The average Bonchev–Trinajstić information content (AvgIpc) is 3.03. The molecule has 0 unspecified atom stereocenters. The molecule has 0 radical (unpaired) electrons. The maximum Gasteiger partial charge on any atom is 0.291 e. The maximum atomic E-state index is 12.4. The van der Waals surface area contributed by atoms with Gasteiger partial charge < -0.3 is 15.5 Å². The first-order chi connectivity index (χ1) is 11.8. The van der Waals surface area contributed by atoms with E-state index in [0.29, 0.717) is 32.2 Å². The van der Waals surface area contributed by atoms with Crippen molar-refractivity contribution in [1.82, 2.24) is 0 Å². The van der Waals surface area contributed by atoms with E-state index in [9.17, 15) is 4.79 Å². The second-order valence-corrected chi connectivity index (χ2v) is 6.66. The van der Waals surface area contributed by atoms with Gasteiger partial charge in [-0.05, 0) is 55.0 Å². The van der Waals surface area contributed by atoms with Crippen LogP contribution in [0.25, 0.3) is 11.3 Å². The molecule has 0 atom stereocenters. The fourth-order valence-corrected chi connectivity index (χ4v) is 2.99. The van der Waals surface area contributed by atoms with Crippen LogP contribution in [-0.4, -0.2) is 5.91 Å². The van der Waals surface area contributed by atoms with E-state index in [0.717, 1.165) is 11.1 Å². The lowest BCUT2D eigenvalue weighted by Gasteiger charge is -2.10. The van der Waals surface area contributed by atoms with Gasteiger partial charge in [0.15, 0.2) is 5.76 Å². The molecular weight excluding hydrogens is 383 g/mol. The molecule has 3 aromatic rings. The van der Waals surface area contributed by atoms with Gasteiger partial charge in [0.1, 0.15) is 5.76 Å². The van der Waals surface area contributed by atoms with Gasteiger partial charge in [-0.2, -0.15) is 0 Å². The van der Waals surface area contributed by atoms with E-state index in [1.54, 1.807) is 49.4 Å². The zero-order valence-corrected chi connectivity index (χ0v) is 15.3. The molecular formula is C18H13Cl3N2O2. The minimum atomic E-state index is -0.416. The lowest BCUT2D eigenvalue weighted by atomic mass is 10.1. The minimum Gasteiger partial charge on any atom is -0.451 e. The summed E-state index contributed by atoms with van der Waals surface area (Å²) in [6.45, 7) is 1.81. The van der Waals surface area contributed by atoms with Gasteiger partial charge in [-0.15, -0.1) is 0 Å². The number of aryl methyl sites for hydroxylation is 1. The molecule has 7 heteroatoms. The number of nitrogens with two attached hydrogens (primary N) is 1. The van der Waals surface area contributed by atoms with Crippen molar-refractivity contribution in [3.8, 4) is 11.3 Å². The highest BCUT2D eigenvalue weighted by atomic mass is 35.5. The molecule has 0 bridgehead atoms. The van der Waals surface area contributed by atoms with Crippen molar-refractivity contribution < 1.29 is 9.21 Å². The normalized spacial score (nSPS) is 10.7. The van der Waals surface area contributed by atoms with Gasteiger partial charge in [0.05, 0.1) is 20.8 Å². The Kier molecular flexibility index (Phi) is 4.95. The summed E-state index contributed by atoms with van der Waals surface area (Å²) in [7, 11) is 0. The van der Waals surface area contributed by atoms with E-state index in [1.807, 2.05) is 0 Å². The number of anilines is 2. The Bertz CT molecular complexity index is 944. The van der Waals surface area contributed by atoms with Gasteiger partial charge in [-0.25, -0.2) is 0 Å². The Morgan fingerprint density at radius 2 is 1.76 bits per heavy atom. The van der Waals surface area contributed by atoms with Crippen LogP contribution < -0.4 is 11.1 Å². The largest absolute Gasteiger partial charge is 0.451 e. The predicted octanol–water partition coefficient (Wildman–Crippen LogP) is 6.05. The number of carbonyl (C=O) groups is 1. The molecule has 0 aliphatic heterocycles. The molecule has 1 aromatic heterocycles. The number of amides is 1. The fourth-order valence-electron chi connectivity index (χ4n) is 2.37. The van der Waals surface area contributed by atoms with E-state index in [-0.39, 0.29) is 5.76 Å². The number of rotatable bonds is 3. The van der Waals surface area contributed by atoms with Crippen LogP contribution in [0.4, 0.5) is 11.4 Å². The summed E-state index contributed by atoms with van der Waals surface area (Å²) < 4.78 is 5.62. The first-order valence-corrected chi connectivity index (χ1v) is 8.41. The van der Waals surface area contributed by atoms with Crippen molar-refractivity contribution in [2.45, 2.75) is 6.92 Å². The highest BCUT2D eigenvalue weighted by Gasteiger charge is 2.16. The molecule has 128 valence electrons. The highest BCUT2D eigenvalue weighted by Crippen LogP contribution is 2.31. The lowest BCUT2D eigenvalue weighted by molar-refractivity contribution is 0.0997. The van der Waals surface area contributed by atoms with Gasteiger partial charge in [-0.1, -0.05) is 34.8 Å². The van der Waals surface area contributed by atoms with Crippen LogP contribution in [-0.2, 0) is 0 Å². The molecule has 0 spiro atoms. The molecule has 25 heavy (non-hydrogen) atoms. The summed E-state index contributed by atoms with van der Waals surface area (Å²) >= 11 is 18.1. The zero-order chi connectivity index (χ0) is 18.1. The number of furan rings is 1. The van der Waals surface area contributed by atoms with Crippen LogP contribution in [0.15, 0.2) is 46.9 Å². The monoisotopic (exact) mass is 394 g/mol. The lowest BCUT2D eigenvalue weighted by Crippen LogP contribution is -2.12. The van der Waals surface area contributed by atoms with Gasteiger partial charge in [0, 0.05) is 11.3 Å². The highest BCUT2D eigenvalue weighted by molar-refractivity contribution is 6.42. The smallest absolute Gasteiger partial charge is 0.291 e. The molecule has 1 amide bonds. The van der Waals surface area contributed by atoms with Crippen LogP contribution in [0.3, 0.4) is 0 Å². The Balaban J connectivity index is 1.85. The molecule has 0 saturated heterocycles. The number of carbonyl (C=O) groups excluding carboxylic acids is 1. The molecule has 2 aromatic carbocycles. The topological polar surface area (TPSA) is 68.3 Å². The molecule has 0 aliphatic rings. The summed E-state index contributed by atoms with van der Waals surface area (Å²) in [5, 5.41) is 3.96. The summed E-state index contributed by atoms with van der Waals surface area (Å²) in [6, 6.07) is 11.7. The molecule has 0 fully saturated rings. The quantitative estimate of drug-likeness (QED) is 0.530. The third-order valence-electron chi connectivity index (χ3n) is 3.58.